The number of benzene rings is 1. The summed E-state index contributed by atoms with van der Waals surface area (Å²) in [5, 5.41) is 12.4. The standard InChI is InChI=1S/C16H16F3NO3S/c1-15(2,3)20(21)10-12-6-9-14(22-12)24-13-7-4-11(5-8-13)23-16(17,18)19/h4-10H,1-3H3/b20-10-. The Labute approximate surface area is 141 Å². The summed E-state index contributed by atoms with van der Waals surface area (Å²) < 4.78 is 46.4. The van der Waals surface area contributed by atoms with Crippen molar-refractivity contribution in [3.8, 4) is 5.75 Å². The van der Waals surface area contributed by atoms with E-state index in [0.29, 0.717) is 15.7 Å². The van der Waals surface area contributed by atoms with Gasteiger partial charge < -0.3 is 14.4 Å². The number of rotatable bonds is 4. The van der Waals surface area contributed by atoms with E-state index in [1.807, 2.05) is 0 Å². The molecule has 1 heterocycles. The van der Waals surface area contributed by atoms with Crippen molar-refractivity contribution in [2.45, 2.75) is 42.7 Å². The van der Waals surface area contributed by atoms with Gasteiger partial charge >= 0.3 is 6.36 Å². The SMILES string of the molecule is CC(C)(C)/[N+]([O-])=C/c1ccc(Sc2ccc(OC(F)(F)F)cc2)o1. The van der Waals surface area contributed by atoms with E-state index in [2.05, 4.69) is 4.74 Å². The molecule has 0 unspecified atom stereocenters. The highest BCUT2D eigenvalue weighted by Crippen LogP contribution is 2.31. The molecule has 24 heavy (non-hydrogen) atoms. The minimum absolute atomic E-state index is 0.285. The highest BCUT2D eigenvalue weighted by Gasteiger charge is 2.31. The summed E-state index contributed by atoms with van der Waals surface area (Å²) in [4.78, 5) is 0.681. The summed E-state index contributed by atoms with van der Waals surface area (Å²) in [6.45, 7) is 5.33. The first-order valence-electron chi connectivity index (χ1n) is 6.98. The smallest absolute Gasteiger partial charge is 0.573 e. The summed E-state index contributed by atoms with van der Waals surface area (Å²) in [6, 6.07) is 8.78. The van der Waals surface area contributed by atoms with Gasteiger partial charge in [0.05, 0.1) is 0 Å². The number of ether oxygens (including phenoxy) is 1. The molecule has 0 bridgehead atoms. The molecule has 0 spiro atoms. The Morgan fingerprint density at radius 1 is 1.08 bits per heavy atom. The molecular formula is C16H16F3NO3S. The zero-order valence-electron chi connectivity index (χ0n) is 13.3. The molecule has 2 rings (SSSR count). The van der Waals surface area contributed by atoms with Crippen LogP contribution >= 0.6 is 11.8 Å². The second-order valence-electron chi connectivity index (χ2n) is 5.90. The molecule has 0 amide bonds. The maximum Gasteiger partial charge on any atom is 0.573 e. The molecule has 1 aromatic heterocycles. The van der Waals surface area contributed by atoms with Crippen molar-refractivity contribution in [2.75, 3.05) is 0 Å². The molecule has 0 aliphatic heterocycles. The van der Waals surface area contributed by atoms with Crippen molar-refractivity contribution in [3.63, 3.8) is 0 Å². The van der Waals surface area contributed by atoms with Crippen LogP contribution in [0.15, 0.2) is 50.8 Å². The fraction of sp³-hybridized carbons (Fsp3) is 0.312. The molecule has 2 aromatic rings. The molecule has 0 radical (unpaired) electrons. The first kappa shape index (κ1) is 18.3. The van der Waals surface area contributed by atoms with E-state index in [-0.39, 0.29) is 5.75 Å². The lowest BCUT2D eigenvalue weighted by atomic mass is 10.1. The number of alkyl halides is 3. The number of hydrogen-bond acceptors (Lipinski definition) is 4. The van der Waals surface area contributed by atoms with Gasteiger partial charge in [-0.25, -0.2) is 4.74 Å². The van der Waals surface area contributed by atoms with Crippen molar-refractivity contribution in [3.05, 3.63) is 47.4 Å². The molecule has 0 aliphatic rings. The lowest BCUT2D eigenvalue weighted by Gasteiger charge is -2.17. The minimum Gasteiger partial charge on any atom is -0.623 e. The van der Waals surface area contributed by atoms with Gasteiger partial charge in [0.1, 0.15) is 5.75 Å². The normalized spacial score (nSPS) is 13.2. The van der Waals surface area contributed by atoms with Crippen LogP contribution in [0.2, 0.25) is 0 Å². The van der Waals surface area contributed by atoms with Crippen LogP contribution in [0, 0.1) is 5.21 Å². The van der Waals surface area contributed by atoms with Crippen LogP contribution in [0.4, 0.5) is 13.2 Å². The average molecular weight is 359 g/mol. The van der Waals surface area contributed by atoms with Crippen LogP contribution in [0.3, 0.4) is 0 Å². The van der Waals surface area contributed by atoms with Crippen molar-refractivity contribution in [1.82, 2.24) is 0 Å². The fourth-order valence-electron chi connectivity index (χ4n) is 1.59. The summed E-state index contributed by atoms with van der Waals surface area (Å²) in [7, 11) is 0. The van der Waals surface area contributed by atoms with Crippen LogP contribution in [0.1, 0.15) is 26.5 Å². The molecule has 0 fully saturated rings. The first-order valence-corrected chi connectivity index (χ1v) is 7.79. The highest BCUT2D eigenvalue weighted by molar-refractivity contribution is 7.99. The van der Waals surface area contributed by atoms with Gasteiger partial charge in [-0.2, -0.15) is 0 Å². The maximum absolute atomic E-state index is 12.1. The van der Waals surface area contributed by atoms with Gasteiger partial charge in [0.25, 0.3) is 0 Å². The van der Waals surface area contributed by atoms with Gasteiger partial charge in [-0.3, -0.25) is 0 Å². The van der Waals surface area contributed by atoms with Crippen LogP contribution in [-0.2, 0) is 0 Å². The zero-order valence-corrected chi connectivity index (χ0v) is 14.1. The molecule has 0 aliphatic carbocycles. The maximum atomic E-state index is 12.1. The predicted octanol–water partition coefficient (Wildman–Crippen LogP) is 5.06. The molecule has 0 atom stereocenters. The van der Waals surface area contributed by atoms with Crippen LogP contribution in [-0.4, -0.2) is 22.9 Å². The second-order valence-corrected chi connectivity index (χ2v) is 6.98. The fourth-order valence-corrected chi connectivity index (χ4v) is 2.37. The molecule has 0 N–H and O–H groups in total. The van der Waals surface area contributed by atoms with Gasteiger partial charge in [-0.05, 0) is 36.4 Å². The van der Waals surface area contributed by atoms with Gasteiger partial charge in [0.15, 0.2) is 16.4 Å². The summed E-state index contributed by atoms with van der Waals surface area (Å²) in [6.07, 6.45) is -3.36. The largest absolute Gasteiger partial charge is 0.623 e. The van der Waals surface area contributed by atoms with E-state index < -0.39 is 11.9 Å². The van der Waals surface area contributed by atoms with E-state index in [9.17, 15) is 18.4 Å². The lowest BCUT2D eigenvalue weighted by Crippen LogP contribution is -2.29. The molecule has 8 heteroatoms. The Kier molecular flexibility index (Phi) is 5.17. The molecule has 0 saturated carbocycles. The number of hydroxylamine groups is 1. The lowest BCUT2D eigenvalue weighted by molar-refractivity contribution is -0.530. The third-order valence-electron chi connectivity index (χ3n) is 2.78. The average Bonchev–Trinajstić information content (AvgIpc) is 2.85. The number of halogens is 3. The first-order chi connectivity index (χ1) is 11.0. The van der Waals surface area contributed by atoms with E-state index in [1.165, 1.54) is 42.2 Å². The van der Waals surface area contributed by atoms with Crippen LogP contribution in [0.5, 0.6) is 5.75 Å². The Morgan fingerprint density at radius 3 is 2.25 bits per heavy atom. The number of furan rings is 1. The molecule has 1 aromatic carbocycles. The topological polar surface area (TPSA) is 48.4 Å². The van der Waals surface area contributed by atoms with Crippen molar-refractivity contribution >= 4 is 18.0 Å². The van der Waals surface area contributed by atoms with Gasteiger partial charge in [0, 0.05) is 25.7 Å². The van der Waals surface area contributed by atoms with Crippen LogP contribution < -0.4 is 4.74 Å². The predicted molar refractivity (Wildman–Crippen MR) is 84.5 cm³/mol. The van der Waals surface area contributed by atoms with E-state index in [0.717, 1.165) is 4.74 Å². The van der Waals surface area contributed by atoms with Gasteiger partial charge in [0.2, 0.25) is 6.21 Å². The minimum atomic E-state index is -4.71. The third-order valence-corrected chi connectivity index (χ3v) is 3.71. The van der Waals surface area contributed by atoms with E-state index in [1.54, 1.807) is 32.9 Å². The zero-order chi connectivity index (χ0) is 18.0. The summed E-state index contributed by atoms with van der Waals surface area (Å²) in [5.74, 6) is 0.118. The Morgan fingerprint density at radius 2 is 1.71 bits per heavy atom. The Bertz CT molecular complexity index is 715. The Balaban J connectivity index is 2.05. The molecule has 130 valence electrons. The van der Waals surface area contributed by atoms with E-state index in [4.69, 9.17) is 4.42 Å². The Hall–Kier alpha value is -2.09. The van der Waals surface area contributed by atoms with Crippen molar-refractivity contribution in [2.24, 2.45) is 0 Å². The second kappa shape index (κ2) is 6.80. The number of hydrogen-bond donors (Lipinski definition) is 0. The van der Waals surface area contributed by atoms with Gasteiger partial charge in [-0.1, -0.05) is 11.8 Å². The quantitative estimate of drug-likeness (QED) is 0.331. The summed E-state index contributed by atoms with van der Waals surface area (Å²) in [5.41, 5.74) is -0.575. The third kappa shape index (κ3) is 5.52. The molecular weight excluding hydrogens is 343 g/mol. The highest BCUT2D eigenvalue weighted by atomic mass is 32.2. The number of nitrogens with zero attached hydrogens (tertiary/aromatic N) is 1. The van der Waals surface area contributed by atoms with E-state index >= 15 is 0 Å². The molecule has 4 nitrogen and oxygen atoms in total. The molecule has 0 saturated heterocycles. The monoisotopic (exact) mass is 359 g/mol. The summed E-state index contributed by atoms with van der Waals surface area (Å²) >= 11 is 1.23. The van der Waals surface area contributed by atoms with Crippen molar-refractivity contribution in [1.29, 1.82) is 0 Å². The van der Waals surface area contributed by atoms with Gasteiger partial charge in [-0.15, -0.1) is 13.2 Å². The van der Waals surface area contributed by atoms with Crippen LogP contribution in [0.25, 0.3) is 0 Å². The van der Waals surface area contributed by atoms with Crippen molar-refractivity contribution < 1.29 is 27.1 Å².